The number of hydrogen-bond acceptors (Lipinski definition) is 4. The first-order valence-corrected chi connectivity index (χ1v) is 9.16. The number of rotatable bonds is 4. The van der Waals surface area contributed by atoms with E-state index in [0.29, 0.717) is 12.1 Å². The Hall–Kier alpha value is -2.36. The first kappa shape index (κ1) is 16.5. The first-order chi connectivity index (χ1) is 11.6. The first-order valence-electron chi connectivity index (χ1n) is 7.72. The maximum atomic E-state index is 13.0. The van der Waals surface area contributed by atoms with E-state index < -0.39 is 10.0 Å². The molecule has 1 heterocycles. The Labute approximate surface area is 142 Å². The molecule has 0 bridgehead atoms. The Bertz CT molecular complexity index is 870. The third-order valence-corrected chi connectivity index (χ3v) is 6.18. The summed E-state index contributed by atoms with van der Waals surface area (Å²) in [5.74, 6) is 0.743. The molecule has 0 unspecified atom stereocenters. The molecule has 2 aromatic rings. The Morgan fingerprint density at radius 3 is 2.62 bits per heavy atom. The van der Waals surface area contributed by atoms with E-state index in [1.807, 2.05) is 30.3 Å². The molecule has 1 saturated heterocycles. The summed E-state index contributed by atoms with van der Waals surface area (Å²) in [7, 11) is -2.03. The quantitative estimate of drug-likeness (QED) is 0.856. The zero-order chi connectivity index (χ0) is 17.2. The molecule has 1 fully saturated rings. The van der Waals surface area contributed by atoms with Crippen LogP contribution in [0.4, 0.5) is 0 Å². The largest absolute Gasteiger partial charge is 0.497 e. The van der Waals surface area contributed by atoms with Crippen molar-refractivity contribution in [3.05, 3.63) is 59.7 Å². The van der Waals surface area contributed by atoms with Crippen molar-refractivity contribution in [2.45, 2.75) is 23.8 Å². The SMILES string of the molecule is COc1ccc([C@@H]2CCCN2S(=O)(=O)c2cccc(C#N)c2)cc1. The van der Waals surface area contributed by atoms with Gasteiger partial charge in [-0.1, -0.05) is 18.2 Å². The molecule has 3 rings (SSSR count). The van der Waals surface area contributed by atoms with Crippen molar-refractivity contribution in [1.82, 2.24) is 4.31 Å². The summed E-state index contributed by atoms with van der Waals surface area (Å²) < 4.78 is 32.7. The smallest absolute Gasteiger partial charge is 0.243 e. The van der Waals surface area contributed by atoms with Crippen LogP contribution in [-0.4, -0.2) is 26.4 Å². The van der Waals surface area contributed by atoms with Crippen molar-refractivity contribution < 1.29 is 13.2 Å². The van der Waals surface area contributed by atoms with Crippen molar-refractivity contribution in [3.8, 4) is 11.8 Å². The molecular weight excluding hydrogens is 324 g/mol. The highest BCUT2D eigenvalue weighted by molar-refractivity contribution is 7.89. The molecule has 0 spiro atoms. The Morgan fingerprint density at radius 1 is 1.21 bits per heavy atom. The number of nitriles is 1. The predicted molar refractivity (Wildman–Crippen MR) is 90.0 cm³/mol. The number of benzene rings is 2. The van der Waals surface area contributed by atoms with Gasteiger partial charge < -0.3 is 4.74 Å². The van der Waals surface area contributed by atoms with Gasteiger partial charge in [-0.25, -0.2) is 8.42 Å². The lowest BCUT2D eigenvalue weighted by Gasteiger charge is -2.24. The fourth-order valence-electron chi connectivity index (χ4n) is 3.05. The second-order valence-corrected chi connectivity index (χ2v) is 7.58. The summed E-state index contributed by atoms with van der Waals surface area (Å²) in [6.07, 6.45) is 1.59. The second-order valence-electron chi connectivity index (χ2n) is 5.69. The van der Waals surface area contributed by atoms with Crippen molar-refractivity contribution >= 4 is 10.0 Å². The summed E-state index contributed by atoms with van der Waals surface area (Å²) in [6, 6.07) is 15.5. The molecule has 0 radical (unpaired) electrons. The Kier molecular flexibility index (Phi) is 4.56. The second kappa shape index (κ2) is 6.63. The van der Waals surface area contributed by atoms with Crippen molar-refractivity contribution in [3.63, 3.8) is 0 Å². The molecular formula is C18H18N2O3S. The highest BCUT2D eigenvalue weighted by Crippen LogP contribution is 2.37. The van der Waals surface area contributed by atoms with E-state index in [1.165, 1.54) is 10.4 Å². The molecule has 5 nitrogen and oxygen atoms in total. The van der Waals surface area contributed by atoms with Gasteiger partial charge in [0.05, 0.1) is 29.7 Å². The van der Waals surface area contributed by atoms with E-state index in [1.54, 1.807) is 25.3 Å². The lowest BCUT2D eigenvalue weighted by molar-refractivity contribution is 0.394. The van der Waals surface area contributed by atoms with Crippen molar-refractivity contribution in [2.75, 3.05) is 13.7 Å². The van der Waals surface area contributed by atoms with Crippen LogP contribution < -0.4 is 4.74 Å². The van der Waals surface area contributed by atoms with Gasteiger partial charge in [-0.05, 0) is 48.7 Å². The fourth-order valence-corrected chi connectivity index (χ4v) is 4.78. The summed E-state index contributed by atoms with van der Waals surface area (Å²) >= 11 is 0. The molecule has 0 aromatic heterocycles. The number of ether oxygens (including phenoxy) is 1. The minimum atomic E-state index is -3.63. The zero-order valence-corrected chi connectivity index (χ0v) is 14.2. The Balaban J connectivity index is 1.95. The topological polar surface area (TPSA) is 70.4 Å². The number of hydrogen-bond donors (Lipinski definition) is 0. The molecule has 0 amide bonds. The van der Waals surface area contributed by atoms with Crippen LogP contribution in [0.3, 0.4) is 0 Å². The van der Waals surface area contributed by atoms with Crippen molar-refractivity contribution in [1.29, 1.82) is 5.26 Å². The van der Waals surface area contributed by atoms with Crippen LogP contribution in [0.2, 0.25) is 0 Å². The lowest BCUT2D eigenvalue weighted by Crippen LogP contribution is -2.30. The van der Waals surface area contributed by atoms with Crippen molar-refractivity contribution in [2.24, 2.45) is 0 Å². The van der Waals surface area contributed by atoms with Gasteiger partial charge in [-0.3, -0.25) is 0 Å². The molecule has 0 aliphatic carbocycles. The van der Waals surface area contributed by atoms with Gasteiger partial charge in [0.25, 0.3) is 0 Å². The molecule has 1 atom stereocenters. The highest BCUT2D eigenvalue weighted by atomic mass is 32.2. The molecule has 0 N–H and O–H groups in total. The maximum Gasteiger partial charge on any atom is 0.243 e. The molecule has 24 heavy (non-hydrogen) atoms. The van der Waals surface area contributed by atoms with Crippen LogP contribution in [-0.2, 0) is 10.0 Å². The third-order valence-electron chi connectivity index (χ3n) is 4.27. The molecule has 2 aromatic carbocycles. The van der Waals surface area contributed by atoms with E-state index >= 15 is 0 Å². The van der Waals surface area contributed by atoms with Crippen LogP contribution in [0, 0.1) is 11.3 Å². The van der Waals surface area contributed by atoms with Gasteiger partial charge in [0.2, 0.25) is 10.0 Å². The molecule has 1 aliphatic rings. The molecule has 6 heteroatoms. The van der Waals surface area contributed by atoms with E-state index in [0.717, 1.165) is 24.2 Å². The van der Waals surface area contributed by atoms with Crippen LogP contribution in [0.5, 0.6) is 5.75 Å². The Morgan fingerprint density at radius 2 is 1.96 bits per heavy atom. The standard InChI is InChI=1S/C18H18N2O3S/c1-23-16-9-7-15(8-10-16)18-6-3-11-20(18)24(21,22)17-5-2-4-14(12-17)13-19/h2,4-5,7-10,12,18H,3,6,11H2,1H3/t18-/m0/s1. The number of methoxy groups -OCH3 is 1. The van der Waals surface area contributed by atoms with Gasteiger partial charge in [0.15, 0.2) is 0 Å². The van der Waals surface area contributed by atoms with E-state index in [4.69, 9.17) is 10.00 Å². The summed E-state index contributed by atoms with van der Waals surface area (Å²) in [6.45, 7) is 0.482. The van der Waals surface area contributed by atoms with Gasteiger partial charge in [0.1, 0.15) is 5.75 Å². The number of sulfonamides is 1. The van der Waals surface area contributed by atoms with Crippen LogP contribution in [0.15, 0.2) is 53.4 Å². The molecule has 0 saturated carbocycles. The minimum absolute atomic E-state index is 0.168. The average molecular weight is 342 g/mol. The van der Waals surface area contributed by atoms with Gasteiger partial charge in [-0.2, -0.15) is 9.57 Å². The molecule has 1 aliphatic heterocycles. The van der Waals surface area contributed by atoms with Gasteiger partial charge in [0, 0.05) is 6.54 Å². The normalized spacial score (nSPS) is 18.2. The predicted octanol–water partition coefficient (Wildman–Crippen LogP) is 3.09. The summed E-state index contributed by atoms with van der Waals surface area (Å²) in [5.41, 5.74) is 1.30. The summed E-state index contributed by atoms with van der Waals surface area (Å²) in [4.78, 5) is 0.168. The highest BCUT2D eigenvalue weighted by Gasteiger charge is 2.36. The van der Waals surface area contributed by atoms with Gasteiger partial charge in [-0.15, -0.1) is 0 Å². The zero-order valence-electron chi connectivity index (χ0n) is 13.3. The average Bonchev–Trinajstić information content (AvgIpc) is 3.12. The lowest BCUT2D eigenvalue weighted by atomic mass is 10.1. The summed E-state index contributed by atoms with van der Waals surface area (Å²) in [5, 5.41) is 9.00. The maximum absolute atomic E-state index is 13.0. The van der Waals surface area contributed by atoms with Crippen LogP contribution in [0.25, 0.3) is 0 Å². The molecule has 124 valence electrons. The number of nitrogens with zero attached hydrogens (tertiary/aromatic N) is 2. The van der Waals surface area contributed by atoms with Crippen LogP contribution in [0.1, 0.15) is 30.0 Å². The van der Waals surface area contributed by atoms with E-state index in [9.17, 15) is 8.42 Å². The van der Waals surface area contributed by atoms with E-state index in [-0.39, 0.29) is 10.9 Å². The minimum Gasteiger partial charge on any atom is -0.497 e. The fraction of sp³-hybridized carbons (Fsp3) is 0.278. The van der Waals surface area contributed by atoms with Gasteiger partial charge >= 0.3 is 0 Å². The third kappa shape index (κ3) is 3.01. The van der Waals surface area contributed by atoms with E-state index in [2.05, 4.69) is 0 Å². The van der Waals surface area contributed by atoms with Crippen LogP contribution >= 0.6 is 0 Å². The monoisotopic (exact) mass is 342 g/mol.